The SMILES string of the molecule is CCn1cc(NC(=O)NC[C@@H]2CCN(Cc3ccccc3)C2)c(C)n1. The van der Waals surface area contributed by atoms with Gasteiger partial charge in [0.1, 0.15) is 0 Å². The molecule has 1 atom stereocenters. The number of carbonyl (C=O) groups excluding carboxylic acids is 1. The van der Waals surface area contributed by atoms with Gasteiger partial charge in [0.25, 0.3) is 0 Å². The molecule has 2 N–H and O–H groups in total. The molecular weight excluding hydrogens is 314 g/mol. The maximum absolute atomic E-state index is 12.1. The topological polar surface area (TPSA) is 62.2 Å². The summed E-state index contributed by atoms with van der Waals surface area (Å²) in [6.07, 6.45) is 2.99. The Morgan fingerprint density at radius 2 is 2.12 bits per heavy atom. The molecule has 0 bridgehead atoms. The molecule has 6 heteroatoms. The van der Waals surface area contributed by atoms with Crippen molar-refractivity contribution in [3.05, 3.63) is 47.8 Å². The van der Waals surface area contributed by atoms with Gasteiger partial charge in [-0.3, -0.25) is 9.58 Å². The summed E-state index contributed by atoms with van der Waals surface area (Å²) < 4.78 is 1.82. The number of anilines is 1. The molecule has 3 rings (SSSR count). The molecule has 0 saturated carbocycles. The van der Waals surface area contributed by atoms with Crippen molar-refractivity contribution in [2.24, 2.45) is 5.92 Å². The molecule has 0 unspecified atom stereocenters. The fraction of sp³-hybridized carbons (Fsp3) is 0.474. The average Bonchev–Trinajstić information content (AvgIpc) is 3.20. The Morgan fingerprint density at radius 3 is 2.84 bits per heavy atom. The molecule has 2 heterocycles. The lowest BCUT2D eigenvalue weighted by Crippen LogP contribution is -2.34. The highest BCUT2D eigenvalue weighted by Gasteiger charge is 2.22. The third-order valence-corrected chi connectivity index (χ3v) is 4.69. The van der Waals surface area contributed by atoms with E-state index >= 15 is 0 Å². The Kier molecular flexibility index (Phi) is 5.71. The van der Waals surface area contributed by atoms with Gasteiger partial charge in [-0.15, -0.1) is 0 Å². The smallest absolute Gasteiger partial charge is 0.319 e. The van der Waals surface area contributed by atoms with Gasteiger partial charge in [-0.25, -0.2) is 4.79 Å². The summed E-state index contributed by atoms with van der Waals surface area (Å²) in [5.41, 5.74) is 2.96. The summed E-state index contributed by atoms with van der Waals surface area (Å²) in [4.78, 5) is 14.6. The minimum absolute atomic E-state index is 0.153. The number of amides is 2. The molecule has 1 aliphatic rings. The lowest BCUT2D eigenvalue weighted by Gasteiger charge is -2.16. The van der Waals surface area contributed by atoms with E-state index in [1.54, 1.807) is 0 Å². The van der Waals surface area contributed by atoms with Crippen LogP contribution in [0.2, 0.25) is 0 Å². The molecule has 0 spiro atoms. The molecule has 25 heavy (non-hydrogen) atoms. The number of aryl methyl sites for hydroxylation is 2. The second-order valence-electron chi connectivity index (χ2n) is 6.69. The number of rotatable bonds is 6. The van der Waals surface area contributed by atoms with E-state index in [0.717, 1.165) is 44.0 Å². The van der Waals surface area contributed by atoms with E-state index in [1.807, 2.05) is 30.8 Å². The lowest BCUT2D eigenvalue weighted by atomic mass is 10.1. The first kappa shape index (κ1) is 17.5. The van der Waals surface area contributed by atoms with Crippen molar-refractivity contribution in [1.82, 2.24) is 20.0 Å². The van der Waals surface area contributed by atoms with Gasteiger partial charge in [-0.1, -0.05) is 30.3 Å². The first-order chi connectivity index (χ1) is 12.1. The number of aromatic nitrogens is 2. The third-order valence-electron chi connectivity index (χ3n) is 4.69. The number of likely N-dealkylation sites (tertiary alicyclic amines) is 1. The van der Waals surface area contributed by atoms with Gasteiger partial charge in [-0.2, -0.15) is 5.10 Å². The van der Waals surface area contributed by atoms with Crippen LogP contribution in [0.4, 0.5) is 10.5 Å². The number of nitrogens with one attached hydrogen (secondary N) is 2. The number of hydrogen-bond acceptors (Lipinski definition) is 3. The van der Waals surface area contributed by atoms with Crippen molar-refractivity contribution in [3.8, 4) is 0 Å². The van der Waals surface area contributed by atoms with Gasteiger partial charge < -0.3 is 10.6 Å². The first-order valence-corrected chi connectivity index (χ1v) is 8.99. The van der Waals surface area contributed by atoms with Gasteiger partial charge in [-0.05, 0) is 38.3 Å². The summed E-state index contributed by atoms with van der Waals surface area (Å²) in [7, 11) is 0. The Bertz CT molecular complexity index is 697. The Balaban J connectivity index is 1.41. The second kappa shape index (κ2) is 8.16. The molecule has 0 aliphatic carbocycles. The minimum atomic E-state index is -0.153. The molecule has 0 radical (unpaired) electrons. The Morgan fingerprint density at radius 1 is 1.32 bits per heavy atom. The molecule has 1 saturated heterocycles. The van der Waals surface area contributed by atoms with Crippen LogP contribution in [0.5, 0.6) is 0 Å². The summed E-state index contributed by atoms with van der Waals surface area (Å²) in [6, 6.07) is 10.4. The Hall–Kier alpha value is -2.34. The molecule has 1 aromatic carbocycles. The van der Waals surface area contributed by atoms with Crippen LogP contribution < -0.4 is 10.6 Å². The van der Waals surface area contributed by atoms with E-state index in [4.69, 9.17) is 0 Å². The van der Waals surface area contributed by atoms with Crippen molar-refractivity contribution in [2.75, 3.05) is 25.0 Å². The van der Waals surface area contributed by atoms with Gasteiger partial charge in [0.2, 0.25) is 0 Å². The van der Waals surface area contributed by atoms with E-state index in [2.05, 4.69) is 44.9 Å². The summed E-state index contributed by atoms with van der Waals surface area (Å²) in [5.74, 6) is 0.508. The van der Waals surface area contributed by atoms with Crippen LogP contribution in [0.3, 0.4) is 0 Å². The van der Waals surface area contributed by atoms with Gasteiger partial charge in [0.15, 0.2) is 0 Å². The summed E-state index contributed by atoms with van der Waals surface area (Å²) in [6.45, 7) is 8.53. The van der Waals surface area contributed by atoms with Crippen LogP contribution in [-0.2, 0) is 13.1 Å². The fourth-order valence-corrected chi connectivity index (χ4v) is 3.27. The molecule has 1 fully saturated rings. The monoisotopic (exact) mass is 341 g/mol. The largest absolute Gasteiger partial charge is 0.338 e. The van der Waals surface area contributed by atoms with Crippen LogP contribution in [0, 0.1) is 12.8 Å². The van der Waals surface area contributed by atoms with Crippen LogP contribution in [0.15, 0.2) is 36.5 Å². The molecule has 1 aromatic heterocycles. The fourth-order valence-electron chi connectivity index (χ4n) is 3.27. The highest BCUT2D eigenvalue weighted by molar-refractivity contribution is 5.89. The maximum Gasteiger partial charge on any atom is 0.319 e. The van der Waals surface area contributed by atoms with Crippen LogP contribution in [-0.4, -0.2) is 40.3 Å². The van der Waals surface area contributed by atoms with Crippen molar-refractivity contribution in [3.63, 3.8) is 0 Å². The van der Waals surface area contributed by atoms with E-state index < -0.39 is 0 Å². The predicted molar refractivity (Wildman–Crippen MR) is 99.5 cm³/mol. The van der Waals surface area contributed by atoms with Gasteiger partial charge in [0, 0.05) is 32.4 Å². The molecule has 6 nitrogen and oxygen atoms in total. The Labute approximate surface area is 149 Å². The highest BCUT2D eigenvalue weighted by Crippen LogP contribution is 2.18. The summed E-state index contributed by atoms with van der Waals surface area (Å²) >= 11 is 0. The molecule has 1 aliphatic heterocycles. The average molecular weight is 341 g/mol. The molecule has 134 valence electrons. The van der Waals surface area contributed by atoms with Gasteiger partial charge >= 0.3 is 6.03 Å². The zero-order chi connectivity index (χ0) is 17.6. The lowest BCUT2D eigenvalue weighted by molar-refractivity contribution is 0.249. The van der Waals surface area contributed by atoms with Crippen LogP contribution in [0.1, 0.15) is 24.6 Å². The molecule has 2 aromatic rings. The maximum atomic E-state index is 12.1. The molecular formula is C19H27N5O. The quantitative estimate of drug-likeness (QED) is 0.849. The van der Waals surface area contributed by atoms with Crippen LogP contribution in [0.25, 0.3) is 0 Å². The highest BCUT2D eigenvalue weighted by atomic mass is 16.2. The number of benzene rings is 1. The normalized spacial score (nSPS) is 17.6. The van der Waals surface area contributed by atoms with E-state index in [9.17, 15) is 4.79 Å². The summed E-state index contributed by atoms with van der Waals surface area (Å²) in [5, 5.41) is 10.2. The number of urea groups is 1. The predicted octanol–water partition coefficient (Wildman–Crippen LogP) is 2.86. The zero-order valence-corrected chi connectivity index (χ0v) is 15.0. The van der Waals surface area contributed by atoms with Crippen molar-refractivity contribution < 1.29 is 4.79 Å². The minimum Gasteiger partial charge on any atom is -0.338 e. The number of hydrogen-bond donors (Lipinski definition) is 2. The van der Waals surface area contributed by atoms with E-state index in [1.165, 1.54) is 5.56 Å². The van der Waals surface area contributed by atoms with Crippen molar-refractivity contribution in [2.45, 2.75) is 33.4 Å². The van der Waals surface area contributed by atoms with Gasteiger partial charge in [0.05, 0.1) is 11.4 Å². The first-order valence-electron chi connectivity index (χ1n) is 8.99. The van der Waals surface area contributed by atoms with Crippen molar-refractivity contribution in [1.29, 1.82) is 0 Å². The molecule has 2 amide bonds. The standard InChI is InChI=1S/C19H27N5O/c1-3-24-14-18(15(2)22-24)21-19(25)20-11-17-9-10-23(13-17)12-16-7-5-4-6-8-16/h4-8,14,17H,3,9-13H2,1-2H3,(H2,20,21,25)/t17-/m0/s1. The van der Waals surface area contributed by atoms with Crippen molar-refractivity contribution >= 4 is 11.7 Å². The third kappa shape index (κ3) is 4.82. The van der Waals surface area contributed by atoms with E-state index in [-0.39, 0.29) is 6.03 Å². The second-order valence-corrected chi connectivity index (χ2v) is 6.69. The van der Waals surface area contributed by atoms with Crippen LogP contribution >= 0.6 is 0 Å². The number of carbonyl (C=O) groups is 1. The zero-order valence-electron chi connectivity index (χ0n) is 15.0. The van der Waals surface area contributed by atoms with E-state index in [0.29, 0.717) is 12.5 Å². The number of nitrogens with zero attached hydrogens (tertiary/aromatic N) is 3.